The molecule has 2 rings (SSSR count). The Morgan fingerprint density at radius 3 is 1.93 bits per heavy atom. The van der Waals surface area contributed by atoms with Crippen molar-refractivity contribution < 1.29 is 19.0 Å². The van der Waals surface area contributed by atoms with E-state index in [0.717, 1.165) is 11.7 Å². The van der Waals surface area contributed by atoms with E-state index < -0.39 is 22.7 Å². The van der Waals surface area contributed by atoms with E-state index in [-0.39, 0.29) is 22.1 Å². The number of benzene rings is 1. The first-order chi connectivity index (χ1) is 13.1. The highest BCUT2D eigenvalue weighted by atomic mass is 28.4. The minimum atomic E-state index is -2.54. The predicted octanol–water partition coefficient (Wildman–Crippen LogP) is 7.05. The fourth-order valence-corrected chi connectivity index (χ4v) is 11.7. The maximum atomic E-state index is 12.0. The highest BCUT2D eigenvalue weighted by Gasteiger charge is 2.61. The lowest BCUT2D eigenvalue weighted by atomic mass is 9.90. The zero-order valence-corrected chi connectivity index (χ0v) is 22.0. The van der Waals surface area contributed by atoms with Gasteiger partial charge in [0.05, 0.1) is 6.10 Å². The van der Waals surface area contributed by atoms with Crippen LogP contribution in [0, 0.1) is 12.0 Å². The number of hydrogen-bond donors (Lipinski definition) is 0. The van der Waals surface area contributed by atoms with E-state index in [9.17, 15) is 5.26 Å². The third kappa shape index (κ3) is 5.22. The zero-order valence-electron chi connectivity index (χ0n) is 20.0. The molecule has 1 fully saturated rings. The molecule has 0 amide bonds. The van der Waals surface area contributed by atoms with E-state index >= 15 is 0 Å². The molecular formula is C23H40O4Si2. The molecule has 1 aromatic rings. The van der Waals surface area contributed by atoms with Crippen molar-refractivity contribution in [1.29, 1.82) is 0 Å². The van der Waals surface area contributed by atoms with Crippen LogP contribution in [0.15, 0.2) is 30.3 Å². The summed E-state index contributed by atoms with van der Waals surface area (Å²) < 4.78 is 13.8. The van der Waals surface area contributed by atoms with Crippen LogP contribution in [0.5, 0.6) is 0 Å². The number of hydrogen-bond acceptors (Lipinski definition) is 3. The van der Waals surface area contributed by atoms with Crippen LogP contribution in [0.4, 0.5) is 0 Å². The summed E-state index contributed by atoms with van der Waals surface area (Å²) in [7, 11) is -4.47. The Labute approximate surface area is 180 Å². The van der Waals surface area contributed by atoms with Crippen molar-refractivity contribution in [3.63, 3.8) is 0 Å². The van der Waals surface area contributed by atoms with Gasteiger partial charge in [-0.15, -0.1) is 0 Å². The first-order valence-electron chi connectivity index (χ1n) is 10.7. The molecule has 1 aliphatic rings. The van der Waals surface area contributed by atoms with Gasteiger partial charge in [0.15, 0.2) is 8.32 Å². The molecule has 0 N–H and O–H groups in total. The summed E-state index contributed by atoms with van der Waals surface area (Å²) in [4.78, 5) is 4.89. The summed E-state index contributed by atoms with van der Waals surface area (Å²) in [5.41, 5.74) is 1.13. The summed E-state index contributed by atoms with van der Waals surface area (Å²) in [6.45, 7) is 22.1. The van der Waals surface area contributed by atoms with Gasteiger partial charge in [-0.05, 0) is 46.6 Å². The van der Waals surface area contributed by atoms with Gasteiger partial charge in [0.1, 0.15) is 12.2 Å². The third-order valence-corrected chi connectivity index (χ3v) is 13.4. The molecule has 2 radical (unpaired) electrons. The van der Waals surface area contributed by atoms with Gasteiger partial charge < -0.3 is 8.85 Å². The molecule has 164 valence electrons. The Bertz CT molecular complexity index is 644. The van der Waals surface area contributed by atoms with E-state index in [4.69, 9.17) is 13.7 Å². The van der Waals surface area contributed by atoms with Crippen LogP contribution in [0.25, 0.3) is 0 Å². The van der Waals surface area contributed by atoms with Gasteiger partial charge in [-0.1, -0.05) is 78.8 Å². The Morgan fingerprint density at radius 2 is 1.52 bits per heavy atom. The molecular weight excluding hydrogens is 396 g/mol. The van der Waals surface area contributed by atoms with Crippen molar-refractivity contribution in [2.24, 2.45) is 5.92 Å². The van der Waals surface area contributed by atoms with Gasteiger partial charge in [-0.25, -0.2) is 0 Å². The van der Waals surface area contributed by atoms with Crippen molar-refractivity contribution in [3.8, 4) is 0 Å². The summed E-state index contributed by atoms with van der Waals surface area (Å²) in [5.74, 6) is -0.0675. The molecule has 1 aliphatic heterocycles. The van der Waals surface area contributed by atoms with Gasteiger partial charge in [0.2, 0.25) is 8.32 Å². The van der Waals surface area contributed by atoms with Crippen molar-refractivity contribution >= 4 is 16.6 Å². The fourth-order valence-electron chi connectivity index (χ4n) is 4.86. The molecule has 29 heavy (non-hydrogen) atoms. The lowest BCUT2D eigenvalue weighted by molar-refractivity contribution is -0.334. The second-order valence-corrected chi connectivity index (χ2v) is 21.2. The topological polar surface area (TPSA) is 47.6 Å². The maximum absolute atomic E-state index is 12.0. The van der Waals surface area contributed by atoms with Crippen LogP contribution >= 0.6 is 0 Å². The average Bonchev–Trinajstić information content (AvgIpc) is 2.70. The molecule has 0 aliphatic carbocycles. The number of rotatable bonds is 4. The van der Waals surface area contributed by atoms with Crippen molar-refractivity contribution in [1.82, 2.24) is 0 Å². The lowest BCUT2D eigenvalue weighted by Crippen LogP contribution is -2.56. The highest BCUT2D eigenvalue weighted by Crippen LogP contribution is 2.60. The minimum absolute atomic E-state index is 0.0675. The first-order valence-corrected chi connectivity index (χ1v) is 16.2. The molecule has 3 atom stereocenters. The average molecular weight is 437 g/mol. The van der Waals surface area contributed by atoms with Crippen LogP contribution in [0.3, 0.4) is 0 Å². The highest BCUT2D eigenvalue weighted by molar-refractivity contribution is 6.79. The molecule has 1 aromatic carbocycles. The smallest absolute Gasteiger partial charge is 0.207 e. The molecule has 0 saturated carbocycles. The predicted molar refractivity (Wildman–Crippen MR) is 123 cm³/mol. The largest absolute Gasteiger partial charge is 0.408 e. The first kappa shape index (κ1) is 24.8. The zero-order chi connectivity index (χ0) is 22.3. The minimum Gasteiger partial charge on any atom is -0.408 e. The van der Waals surface area contributed by atoms with Crippen LogP contribution in [0.2, 0.25) is 35.8 Å². The third-order valence-electron chi connectivity index (χ3n) is 6.11. The lowest BCUT2D eigenvalue weighted by Gasteiger charge is -2.52. The maximum Gasteiger partial charge on any atom is 0.207 e. The van der Waals surface area contributed by atoms with Crippen molar-refractivity contribution in [2.45, 2.75) is 96.4 Å². The van der Waals surface area contributed by atoms with E-state index in [1.165, 1.54) is 0 Å². The van der Waals surface area contributed by atoms with Gasteiger partial charge >= 0.3 is 0 Å². The van der Waals surface area contributed by atoms with Crippen LogP contribution in [-0.2, 0) is 19.0 Å². The Morgan fingerprint density at radius 1 is 1.00 bits per heavy atom. The van der Waals surface area contributed by atoms with Crippen molar-refractivity contribution in [3.05, 3.63) is 42.0 Å². The standard InChI is InChI=1S/C23H40O4Si2/c1-17-20(18-14-12-11-13-15-18)27-29(22(2,3)4,23(5,6)7)16-19(25-24)21(17)26-28(8,9)10/h11-15,17,19-20H,16H2,1-10H3/t17-,19+,20+/m1/s1. The second kappa shape index (κ2) is 8.56. The van der Waals surface area contributed by atoms with Gasteiger partial charge in [-0.3, -0.25) is 0 Å². The van der Waals surface area contributed by atoms with Gasteiger partial charge in [0.25, 0.3) is 0 Å². The van der Waals surface area contributed by atoms with E-state index in [1.54, 1.807) is 0 Å². The molecule has 1 heterocycles. The van der Waals surface area contributed by atoms with E-state index in [1.807, 2.05) is 18.2 Å². The summed E-state index contributed by atoms with van der Waals surface area (Å²) in [6.07, 6.45) is 0.0271. The molecule has 0 aromatic heterocycles. The monoisotopic (exact) mass is 436 g/mol. The molecule has 0 bridgehead atoms. The summed E-state index contributed by atoms with van der Waals surface area (Å²) >= 11 is 0. The summed E-state index contributed by atoms with van der Waals surface area (Å²) in [6, 6.07) is 11.0. The molecule has 0 spiro atoms. The molecule has 0 unspecified atom stereocenters. The van der Waals surface area contributed by atoms with Gasteiger partial charge in [-0.2, -0.15) is 4.89 Å². The summed E-state index contributed by atoms with van der Waals surface area (Å²) in [5, 5.41) is 11.9. The Kier molecular flexibility index (Phi) is 7.30. The van der Waals surface area contributed by atoms with Crippen molar-refractivity contribution in [2.75, 3.05) is 0 Å². The SMILES string of the molecule is C[C@H]1[C](O[Si](C)(C)C)[C@@H](O[O])C[Si](C(C)(C)C)(C(C)(C)C)O[C@@H]1c1ccccc1. The second-order valence-electron chi connectivity index (χ2n) is 11.5. The quantitative estimate of drug-likeness (QED) is 0.288. The van der Waals surface area contributed by atoms with Crippen LogP contribution in [-0.4, -0.2) is 22.7 Å². The van der Waals surface area contributed by atoms with Crippen LogP contribution < -0.4 is 0 Å². The molecule has 6 heteroatoms. The van der Waals surface area contributed by atoms with E-state index in [2.05, 4.69) is 80.2 Å². The fraction of sp³-hybridized carbons (Fsp3) is 0.696. The van der Waals surface area contributed by atoms with Gasteiger partial charge in [0, 0.05) is 5.92 Å². The van der Waals surface area contributed by atoms with Crippen LogP contribution in [0.1, 0.15) is 60.1 Å². The Balaban J connectivity index is 2.69. The normalized spacial score (nSPS) is 26.9. The Hall–Kier alpha value is -0.506. The molecule has 1 saturated heterocycles. The van der Waals surface area contributed by atoms with E-state index in [0.29, 0.717) is 6.04 Å². The molecule has 4 nitrogen and oxygen atoms in total.